The van der Waals surface area contributed by atoms with Crippen LogP contribution in [-0.2, 0) is 10.0 Å². The second-order valence-corrected chi connectivity index (χ2v) is 6.62. The summed E-state index contributed by atoms with van der Waals surface area (Å²) in [5.41, 5.74) is 0. The first kappa shape index (κ1) is 17.2. The predicted octanol–water partition coefficient (Wildman–Crippen LogP) is 2.13. The summed E-state index contributed by atoms with van der Waals surface area (Å²) < 4.78 is 31.3. The molecule has 1 N–H and O–H groups in total. The molecule has 0 amide bonds. The summed E-state index contributed by atoms with van der Waals surface area (Å²) >= 11 is 5.96. The number of rotatable bonds is 8. The summed E-state index contributed by atoms with van der Waals surface area (Å²) in [4.78, 5) is 0.104. The van der Waals surface area contributed by atoms with Crippen LogP contribution in [0.15, 0.2) is 23.1 Å². The SMILES string of the molecule is CCCCN(CCO)S(=O)(=O)c1ccc(OC)c(Cl)c1. The van der Waals surface area contributed by atoms with E-state index in [1.54, 1.807) is 0 Å². The molecule has 0 radical (unpaired) electrons. The van der Waals surface area contributed by atoms with Crippen LogP contribution in [0.5, 0.6) is 5.75 Å². The molecule has 0 aromatic heterocycles. The van der Waals surface area contributed by atoms with Gasteiger partial charge in [-0.05, 0) is 24.6 Å². The van der Waals surface area contributed by atoms with Crippen LogP contribution in [-0.4, -0.2) is 44.6 Å². The highest BCUT2D eigenvalue weighted by Gasteiger charge is 2.24. The van der Waals surface area contributed by atoms with Crippen LogP contribution in [0.1, 0.15) is 19.8 Å². The first-order chi connectivity index (χ1) is 9.47. The van der Waals surface area contributed by atoms with Crippen LogP contribution in [0.2, 0.25) is 5.02 Å². The van der Waals surface area contributed by atoms with E-state index in [9.17, 15) is 8.42 Å². The van der Waals surface area contributed by atoms with Crippen molar-refractivity contribution < 1.29 is 18.3 Å². The predicted molar refractivity (Wildman–Crippen MR) is 78.8 cm³/mol. The van der Waals surface area contributed by atoms with E-state index in [-0.39, 0.29) is 23.1 Å². The minimum atomic E-state index is -3.65. The molecule has 1 rings (SSSR count). The highest BCUT2D eigenvalue weighted by atomic mass is 35.5. The van der Waals surface area contributed by atoms with Crippen molar-refractivity contribution in [2.45, 2.75) is 24.7 Å². The van der Waals surface area contributed by atoms with Crippen molar-refractivity contribution in [1.82, 2.24) is 4.31 Å². The number of aliphatic hydroxyl groups excluding tert-OH is 1. The van der Waals surface area contributed by atoms with Crippen molar-refractivity contribution in [1.29, 1.82) is 0 Å². The first-order valence-electron chi connectivity index (χ1n) is 6.42. The Labute approximate surface area is 125 Å². The third-order valence-electron chi connectivity index (χ3n) is 2.87. The van der Waals surface area contributed by atoms with E-state index in [0.29, 0.717) is 12.3 Å². The van der Waals surface area contributed by atoms with Crippen molar-refractivity contribution in [3.05, 3.63) is 23.2 Å². The first-order valence-corrected chi connectivity index (χ1v) is 8.23. The summed E-state index contributed by atoms with van der Waals surface area (Å²) in [5, 5.41) is 9.27. The van der Waals surface area contributed by atoms with E-state index >= 15 is 0 Å². The number of halogens is 1. The number of nitrogens with zero attached hydrogens (tertiary/aromatic N) is 1. The number of unbranched alkanes of at least 4 members (excludes halogenated alkanes) is 1. The number of aliphatic hydroxyl groups is 1. The highest BCUT2D eigenvalue weighted by molar-refractivity contribution is 7.89. The molecule has 0 aliphatic rings. The highest BCUT2D eigenvalue weighted by Crippen LogP contribution is 2.28. The third-order valence-corrected chi connectivity index (χ3v) is 5.06. The maximum absolute atomic E-state index is 12.5. The zero-order valence-electron chi connectivity index (χ0n) is 11.7. The fraction of sp³-hybridized carbons (Fsp3) is 0.538. The van der Waals surface area contributed by atoms with E-state index in [1.807, 2.05) is 6.92 Å². The summed E-state index contributed by atoms with van der Waals surface area (Å²) in [6.07, 6.45) is 1.62. The molecule has 0 unspecified atom stereocenters. The van der Waals surface area contributed by atoms with Gasteiger partial charge >= 0.3 is 0 Å². The molecule has 0 heterocycles. The summed E-state index contributed by atoms with van der Waals surface area (Å²) in [6.45, 7) is 2.22. The molecule has 0 bridgehead atoms. The number of sulfonamides is 1. The Morgan fingerprint density at radius 1 is 1.35 bits per heavy atom. The molecule has 0 atom stereocenters. The lowest BCUT2D eigenvalue weighted by Crippen LogP contribution is -2.34. The van der Waals surface area contributed by atoms with E-state index in [1.165, 1.54) is 29.6 Å². The van der Waals surface area contributed by atoms with Crippen molar-refractivity contribution in [3.63, 3.8) is 0 Å². The van der Waals surface area contributed by atoms with E-state index < -0.39 is 10.0 Å². The molecule has 5 nitrogen and oxygen atoms in total. The Hall–Kier alpha value is -0.820. The second kappa shape index (κ2) is 7.83. The fourth-order valence-electron chi connectivity index (χ4n) is 1.75. The zero-order valence-corrected chi connectivity index (χ0v) is 13.2. The normalized spacial score (nSPS) is 11.8. The topological polar surface area (TPSA) is 66.8 Å². The second-order valence-electron chi connectivity index (χ2n) is 4.28. The number of benzene rings is 1. The van der Waals surface area contributed by atoms with Crippen LogP contribution < -0.4 is 4.74 Å². The minimum Gasteiger partial charge on any atom is -0.495 e. The average molecular weight is 322 g/mol. The summed E-state index contributed by atoms with van der Waals surface area (Å²) in [5.74, 6) is 0.424. The van der Waals surface area contributed by atoms with Crippen LogP contribution in [0.25, 0.3) is 0 Å². The lowest BCUT2D eigenvalue weighted by Gasteiger charge is -2.21. The Kier molecular flexibility index (Phi) is 6.75. The van der Waals surface area contributed by atoms with E-state index in [4.69, 9.17) is 21.4 Å². The molecule has 0 spiro atoms. The average Bonchev–Trinajstić information content (AvgIpc) is 2.43. The number of methoxy groups -OCH3 is 1. The van der Waals surface area contributed by atoms with Gasteiger partial charge in [0.2, 0.25) is 10.0 Å². The van der Waals surface area contributed by atoms with Crippen molar-refractivity contribution >= 4 is 21.6 Å². The van der Waals surface area contributed by atoms with Crippen molar-refractivity contribution in [3.8, 4) is 5.75 Å². The van der Waals surface area contributed by atoms with Gasteiger partial charge in [-0.25, -0.2) is 8.42 Å². The van der Waals surface area contributed by atoms with E-state index in [2.05, 4.69) is 0 Å². The Morgan fingerprint density at radius 3 is 2.55 bits per heavy atom. The molecule has 0 saturated heterocycles. The minimum absolute atomic E-state index is 0.0754. The summed E-state index contributed by atoms with van der Waals surface area (Å²) in [7, 11) is -2.18. The van der Waals surface area contributed by atoms with Gasteiger partial charge in [0.15, 0.2) is 0 Å². The standard InChI is InChI=1S/C13H20ClNO4S/c1-3-4-7-15(8-9-16)20(17,18)11-5-6-13(19-2)12(14)10-11/h5-6,10,16H,3-4,7-9H2,1-2H3. The zero-order chi connectivity index (χ0) is 15.2. The lowest BCUT2D eigenvalue weighted by atomic mass is 10.3. The van der Waals surface area contributed by atoms with Crippen LogP contribution in [0, 0.1) is 0 Å². The number of hydrogen-bond donors (Lipinski definition) is 1. The Balaban J connectivity index is 3.08. The molecule has 0 saturated carbocycles. The van der Waals surface area contributed by atoms with Crippen molar-refractivity contribution in [2.24, 2.45) is 0 Å². The molecule has 0 fully saturated rings. The van der Waals surface area contributed by atoms with Crippen molar-refractivity contribution in [2.75, 3.05) is 26.8 Å². The molecular weight excluding hydrogens is 302 g/mol. The van der Waals surface area contributed by atoms with Crippen LogP contribution in [0.3, 0.4) is 0 Å². The lowest BCUT2D eigenvalue weighted by molar-refractivity contribution is 0.252. The third kappa shape index (κ3) is 4.09. The van der Waals surface area contributed by atoms with Gasteiger partial charge in [-0.2, -0.15) is 4.31 Å². The van der Waals surface area contributed by atoms with Gasteiger partial charge in [0.25, 0.3) is 0 Å². The van der Waals surface area contributed by atoms with Crippen LogP contribution >= 0.6 is 11.6 Å². The van der Waals surface area contributed by atoms with Gasteiger partial charge in [-0.1, -0.05) is 24.9 Å². The number of hydrogen-bond acceptors (Lipinski definition) is 4. The monoisotopic (exact) mass is 321 g/mol. The molecule has 20 heavy (non-hydrogen) atoms. The molecule has 114 valence electrons. The Bertz CT molecular complexity index is 533. The van der Waals surface area contributed by atoms with Gasteiger partial charge < -0.3 is 9.84 Å². The van der Waals surface area contributed by atoms with Gasteiger partial charge in [0.05, 0.1) is 23.6 Å². The fourth-order valence-corrected chi connectivity index (χ4v) is 3.57. The molecule has 7 heteroatoms. The molecule has 0 aliphatic heterocycles. The van der Waals surface area contributed by atoms with Crippen LogP contribution in [0.4, 0.5) is 0 Å². The largest absolute Gasteiger partial charge is 0.495 e. The smallest absolute Gasteiger partial charge is 0.243 e. The van der Waals surface area contributed by atoms with Gasteiger partial charge in [-0.15, -0.1) is 0 Å². The molecule has 1 aromatic rings. The molecular formula is C13H20ClNO4S. The quantitative estimate of drug-likeness (QED) is 0.796. The maximum atomic E-state index is 12.5. The van der Waals surface area contributed by atoms with Gasteiger partial charge in [0.1, 0.15) is 5.75 Å². The molecule has 1 aromatic carbocycles. The van der Waals surface area contributed by atoms with E-state index in [0.717, 1.165) is 12.8 Å². The molecule has 0 aliphatic carbocycles. The van der Waals surface area contributed by atoms with Gasteiger partial charge in [-0.3, -0.25) is 0 Å². The Morgan fingerprint density at radius 2 is 2.05 bits per heavy atom. The maximum Gasteiger partial charge on any atom is 0.243 e. The number of ether oxygens (including phenoxy) is 1. The van der Waals surface area contributed by atoms with Gasteiger partial charge in [0, 0.05) is 13.1 Å². The summed E-state index contributed by atoms with van der Waals surface area (Å²) in [6, 6.07) is 4.34.